The molecule has 0 radical (unpaired) electrons. The Morgan fingerprint density at radius 3 is 2.50 bits per heavy atom. The molecule has 1 saturated heterocycles. The van der Waals surface area contributed by atoms with Crippen LogP contribution in [0.3, 0.4) is 0 Å². The maximum atomic E-state index is 12.7. The molecule has 28 heavy (non-hydrogen) atoms. The minimum atomic E-state index is 0.0678. The number of nitrogens with zero attached hydrogens (tertiary/aromatic N) is 4. The van der Waals surface area contributed by atoms with Gasteiger partial charge in [-0.25, -0.2) is 4.98 Å². The number of nitrogens with one attached hydrogen (secondary N) is 1. The average Bonchev–Trinajstić information content (AvgIpc) is 2.74. The molecule has 0 aliphatic carbocycles. The predicted octanol–water partition coefficient (Wildman–Crippen LogP) is 2.67. The third-order valence-corrected chi connectivity index (χ3v) is 5.61. The summed E-state index contributed by atoms with van der Waals surface area (Å²) in [6.07, 6.45) is 7.91. The van der Waals surface area contributed by atoms with E-state index in [1.807, 2.05) is 0 Å². The second-order valence-electron chi connectivity index (χ2n) is 7.64. The number of aromatic nitrogens is 2. The minimum Gasteiger partial charge on any atom is -0.355 e. The van der Waals surface area contributed by atoms with Crippen molar-refractivity contribution in [2.75, 3.05) is 38.6 Å². The molecule has 1 aromatic heterocycles. The van der Waals surface area contributed by atoms with E-state index < -0.39 is 0 Å². The van der Waals surface area contributed by atoms with E-state index in [4.69, 9.17) is 0 Å². The van der Waals surface area contributed by atoms with Gasteiger partial charge in [0.2, 0.25) is 5.91 Å². The first-order valence-corrected chi connectivity index (χ1v) is 10.1. The monoisotopic (exact) mass is 381 g/mol. The summed E-state index contributed by atoms with van der Waals surface area (Å²) < 4.78 is 0. The molecule has 1 aliphatic heterocycles. The third-order valence-electron chi connectivity index (χ3n) is 5.61. The smallest absolute Gasteiger partial charge is 0.223 e. The maximum absolute atomic E-state index is 12.7. The SMILES string of the molecule is CCc1ccc(C(CNC(=O)C2CCN(c3cnccn3)CC2)N(C)C)cc1. The molecule has 0 bridgehead atoms. The number of anilines is 1. The van der Waals surface area contributed by atoms with E-state index in [2.05, 4.69) is 70.4 Å². The van der Waals surface area contributed by atoms with Gasteiger partial charge in [-0.15, -0.1) is 0 Å². The number of benzene rings is 1. The van der Waals surface area contributed by atoms with Crippen LogP contribution in [0.25, 0.3) is 0 Å². The average molecular weight is 382 g/mol. The first-order chi connectivity index (χ1) is 13.6. The Kier molecular flexibility index (Phi) is 6.98. The summed E-state index contributed by atoms with van der Waals surface area (Å²) in [5, 5.41) is 3.19. The maximum Gasteiger partial charge on any atom is 0.223 e. The van der Waals surface area contributed by atoms with Crippen LogP contribution in [-0.4, -0.2) is 54.5 Å². The summed E-state index contributed by atoms with van der Waals surface area (Å²) in [6, 6.07) is 8.88. The highest BCUT2D eigenvalue weighted by atomic mass is 16.1. The van der Waals surface area contributed by atoms with Crippen molar-refractivity contribution < 1.29 is 4.79 Å². The van der Waals surface area contributed by atoms with Crippen LogP contribution in [0, 0.1) is 5.92 Å². The lowest BCUT2D eigenvalue weighted by molar-refractivity contribution is -0.125. The molecule has 1 unspecified atom stereocenters. The van der Waals surface area contributed by atoms with Gasteiger partial charge in [-0.3, -0.25) is 9.78 Å². The quantitative estimate of drug-likeness (QED) is 0.799. The van der Waals surface area contributed by atoms with Crippen molar-refractivity contribution in [3.8, 4) is 0 Å². The lowest BCUT2D eigenvalue weighted by Crippen LogP contribution is -2.43. The molecular weight excluding hydrogens is 350 g/mol. The molecule has 0 spiro atoms. The Labute approximate surface area is 168 Å². The van der Waals surface area contributed by atoms with E-state index in [-0.39, 0.29) is 17.9 Å². The first kappa shape index (κ1) is 20.3. The fourth-order valence-electron chi connectivity index (χ4n) is 3.74. The van der Waals surface area contributed by atoms with Gasteiger partial charge in [0.05, 0.1) is 12.2 Å². The molecule has 6 heteroatoms. The number of rotatable bonds is 7. The molecule has 150 valence electrons. The number of hydrogen-bond donors (Lipinski definition) is 1. The van der Waals surface area contributed by atoms with E-state index in [1.165, 1.54) is 11.1 Å². The Hall–Kier alpha value is -2.47. The van der Waals surface area contributed by atoms with E-state index in [0.29, 0.717) is 6.54 Å². The van der Waals surface area contributed by atoms with E-state index >= 15 is 0 Å². The number of carbonyl (C=O) groups excluding carboxylic acids is 1. The van der Waals surface area contributed by atoms with Gasteiger partial charge in [0.15, 0.2) is 0 Å². The van der Waals surface area contributed by atoms with E-state index in [0.717, 1.165) is 38.2 Å². The second-order valence-corrected chi connectivity index (χ2v) is 7.64. The van der Waals surface area contributed by atoms with Gasteiger partial charge in [0.25, 0.3) is 0 Å². The molecule has 2 heterocycles. The van der Waals surface area contributed by atoms with Crippen molar-refractivity contribution >= 4 is 11.7 Å². The number of amides is 1. The second kappa shape index (κ2) is 9.64. The van der Waals surface area contributed by atoms with Crippen LogP contribution in [0.4, 0.5) is 5.82 Å². The summed E-state index contributed by atoms with van der Waals surface area (Å²) in [5.41, 5.74) is 2.57. The van der Waals surface area contributed by atoms with Crippen molar-refractivity contribution in [1.29, 1.82) is 0 Å². The molecule has 2 aromatic rings. The van der Waals surface area contributed by atoms with Crippen molar-refractivity contribution in [2.24, 2.45) is 5.92 Å². The number of hydrogen-bond acceptors (Lipinski definition) is 5. The molecule has 1 N–H and O–H groups in total. The lowest BCUT2D eigenvalue weighted by atomic mass is 9.95. The van der Waals surface area contributed by atoms with Crippen LogP contribution in [0.5, 0.6) is 0 Å². The zero-order valence-electron chi connectivity index (χ0n) is 17.1. The highest BCUT2D eigenvalue weighted by molar-refractivity contribution is 5.79. The summed E-state index contributed by atoms with van der Waals surface area (Å²) in [7, 11) is 4.12. The van der Waals surface area contributed by atoms with E-state index in [9.17, 15) is 4.79 Å². The normalized spacial score (nSPS) is 16.2. The van der Waals surface area contributed by atoms with Crippen LogP contribution < -0.4 is 10.2 Å². The van der Waals surface area contributed by atoms with Crippen LogP contribution in [0.1, 0.15) is 36.9 Å². The topological polar surface area (TPSA) is 61.4 Å². The molecule has 1 atom stereocenters. The molecule has 1 fully saturated rings. The summed E-state index contributed by atoms with van der Waals surface area (Å²) >= 11 is 0. The number of likely N-dealkylation sites (N-methyl/N-ethyl adjacent to an activating group) is 1. The highest BCUT2D eigenvalue weighted by Gasteiger charge is 2.26. The van der Waals surface area contributed by atoms with Gasteiger partial charge < -0.3 is 15.1 Å². The zero-order chi connectivity index (χ0) is 19.9. The first-order valence-electron chi connectivity index (χ1n) is 10.1. The summed E-state index contributed by atoms with van der Waals surface area (Å²) in [4.78, 5) is 25.6. The Bertz CT molecular complexity index is 739. The van der Waals surface area contributed by atoms with Crippen LogP contribution in [-0.2, 0) is 11.2 Å². The zero-order valence-corrected chi connectivity index (χ0v) is 17.1. The predicted molar refractivity (Wildman–Crippen MR) is 112 cm³/mol. The van der Waals surface area contributed by atoms with Gasteiger partial charge in [0.1, 0.15) is 5.82 Å². The van der Waals surface area contributed by atoms with Gasteiger partial charge in [0, 0.05) is 37.9 Å². The fourth-order valence-corrected chi connectivity index (χ4v) is 3.74. The standard InChI is InChI=1S/C22H31N5O/c1-4-17-5-7-18(8-6-17)20(26(2)3)15-25-22(28)19-9-13-27(14-10-19)21-16-23-11-12-24-21/h5-8,11-12,16,19-20H,4,9-10,13-15H2,1-3H3,(H,25,28). The molecule has 3 rings (SSSR count). The van der Waals surface area contributed by atoms with Gasteiger partial charge in [-0.05, 0) is 44.5 Å². The summed E-state index contributed by atoms with van der Waals surface area (Å²) in [5.74, 6) is 1.12. The number of carbonyl (C=O) groups is 1. The van der Waals surface area contributed by atoms with Crippen LogP contribution in [0.15, 0.2) is 42.9 Å². The Balaban J connectivity index is 1.52. The molecule has 1 aromatic carbocycles. The molecule has 1 amide bonds. The van der Waals surface area contributed by atoms with Crippen molar-refractivity contribution in [1.82, 2.24) is 20.2 Å². The van der Waals surface area contributed by atoms with Gasteiger partial charge in [-0.2, -0.15) is 0 Å². The Morgan fingerprint density at radius 1 is 1.21 bits per heavy atom. The minimum absolute atomic E-state index is 0.0678. The third kappa shape index (κ3) is 5.07. The number of aryl methyl sites for hydroxylation is 1. The largest absolute Gasteiger partial charge is 0.355 e. The van der Waals surface area contributed by atoms with Crippen molar-refractivity contribution in [3.63, 3.8) is 0 Å². The van der Waals surface area contributed by atoms with Crippen LogP contribution >= 0.6 is 0 Å². The molecular formula is C22H31N5O. The Morgan fingerprint density at radius 2 is 1.93 bits per heavy atom. The van der Waals surface area contributed by atoms with Crippen LogP contribution in [0.2, 0.25) is 0 Å². The number of piperidine rings is 1. The van der Waals surface area contributed by atoms with Crippen molar-refractivity contribution in [3.05, 3.63) is 54.0 Å². The molecule has 6 nitrogen and oxygen atoms in total. The van der Waals surface area contributed by atoms with E-state index in [1.54, 1.807) is 18.6 Å². The fraction of sp³-hybridized carbons (Fsp3) is 0.500. The highest BCUT2D eigenvalue weighted by Crippen LogP contribution is 2.22. The van der Waals surface area contributed by atoms with Gasteiger partial charge >= 0.3 is 0 Å². The molecule has 0 saturated carbocycles. The summed E-state index contributed by atoms with van der Waals surface area (Å²) in [6.45, 7) is 4.47. The van der Waals surface area contributed by atoms with Gasteiger partial charge in [-0.1, -0.05) is 31.2 Å². The lowest BCUT2D eigenvalue weighted by Gasteiger charge is -2.32. The molecule has 1 aliphatic rings. The van der Waals surface area contributed by atoms with Crippen molar-refractivity contribution in [2.45, 2.75) is 32.2 Å².